The van der Waals surface area contributed by atoms with E-state index in [1.165, 1.54) is 225 Å². The summed E-state index contributed by atoms with van der Waals surface area (Å²) in [6.07, 6.45) is 77.4. The first kappa shape index (κ1) is 69.0. The second kappa shape index (κ2) is 58.9. The van der Waals surface area contributed by atoms with Crippen molar-refractivity contribution in [3.63, 3.8) is 0 Å². The van der Waals surface area contributed by atoms with Crippen molar-refractivity contribution in [3.05, 3.63) is 60.8 Å². The van der Waals surface area contributed by atoms with Crippen LogP contribution in [0.5, 0.6) is 0 Å². The molecular weight excluding hydrogens is 875 g/mol. The number of nitrogens with one attached hydrogen (secondary N) is 1. The summed E-state index contributed by atoms with van der Waals surface area (Å²) < 4.78 is 0. The minimum absolute atomic E-state index is 0.353. The highest BCUT2D eigenvalue weighted by molar-refractivity contribution is 5.80. The SMILES string of the molecule is CCCCCCCCCCC/C=C\C/C=C\CCCCCCCCCCCCC(O)C(=O)NC(CO)C(O)C(O)CCC/C=C/CC/C=C/CC/C=C/CCCCCCCCCCCCCCCCCC. The number of hydrogen-bond donors (Lipinski definition) is 5. The zero-order valence-electron chi connectivity index (χ0n) is 47.2. The predicted molar refractivity (Wildman–Crippen MR) is 311 cm³/mol. The smallest absolute Gasteiger partial charge is 0.249 e. The second-order valence-electron chi connectivity index (χ2n) is 21.4. The van der Waals surface area contributed by atoms with Crippen molar-refractivity contribution in [1.29, 1.82) is 0 Å². The van der Waals surface area contributed by atoms with Crippen molar-refractivity contribution in [3.8, 4) is 0 Å². The van der Waals surface area contributed by atoms with Crippen molar-refractivity contribution in [2.45, 2.75) is 340 Å². The van der Waals surface area contributed by atoms with Gasteiger partial charge in [0.25, 0.3) is 0 Å². The molecule has 0 aromatic carbocycles. The standard InChI is InChI=1S/C65H121NO5/c1-3-5-7-9-11-13-15-17-19-21-23-25-27-29-31-32-33-35-36-38-40-42-44-46-48-50-52-54-56-58-62(68)64(70)61(60-67)66-65(71)63(69)59-57-55-53-51-49-47-45-43-41-39-37-34-30-28-26-24-22-20-18-16-14-12-10-8-6-4-2/h24,26,30,34-36,42,44,50,52,61-64,67-70H,3-23,25,27-29,31-33,37-41,43,45-49,51,53-60H2,1-2H3,(H,66,71)/b26-24-,34-30-,36-35+,44-42+,52-50+. The molecule has 416 valence electrons. The first-order valence-electron chi connectivity index (χ1n) is 31.2. The van der Waals surface area contributed by atoms with Gasteiger partial charge in [0.15, 0.2) is 0 Å². The number of aliphatic hydroxyl groups is 4. The topological polar surface area (TPSA) is 110 Å². The first-order valence-corrected chi connectivity index (χ1v) is 31.2. The molecule has 0 heterocycles. The molecule has 0 bridgehead atoms. The number of hydrogen-bond acceptors (Lipinski definition) is 5. The van der Waals surface area contributed by atoms with Crippen LogP contribution in [0.1, 0.15) is 316 Å². The molecule has 4 unspecified atom stereocenters. The highest BCUT2D eigenvalue weighted by atomic mass is 16.3. The number of unbranched alkanes of at least 4 members (excludes halogenated alkanes) is 38. The largest absolute Gasteiger partial charge is 0.394 e. The zero-order valence-corrected chi connectivity index (χ0v) is 47.2. The molecule has 0 saturated carbocycles. The summed E-state index contributed by atoms with van der Waals surface area (Å²) in [5.74, 6) is -0.601. The van der Waals surface area contributed by atoms with Crippen molar-refractivity contribution < 1.29 is 25.2 Å². The number of amides is 1. The molecule has 0 aromatic heterocycles. The van der Waals surface area contributed by atoms with E-state index < -0.39 is 36.9 Å². The van der Waals surface area contributed by atoms with Crippen LogP contribution in [0.4, 0.5) is 0 Å². The van der Waals surface area contributed by atoms with Crippen LogP contribution in [-0.2, 0) is 4.79 Å². The summed E-state index contributed by atoms with van der Waals surface area (Å²) in [7, 11) is 0. The Morgan fingerprint density at radius 1 is 0.352 bits per heavy atom. The van der Waals surface area contributed by atoms with E-state index in [1.807, 2.05) is 0 Å². The quantitative estimate of drug-likeness (QED) is 0.0308. The van der Waals surface area contributed by atoms with Crippen LogP contribution in [0, 0.1) is 0 Å². The Kier molecular flexibility index (Phi) is 57.2. The fraction of sp³-hybridized carbons (Fsp3) is 0.831. The zero-order chi connectivity index (χ0) is 51.6. The molecule has 0 aromatic rings. The van der Waals surface area contributed by atoms with E-state index in [0.29, 0.717) is 19.3 Å². The summed E-state index contributed by atoms with van der Waals surface area (Å²) >= 11 is 0. The van der Waals surface area contributed by atoms with E-state index in [0.717, 1.165) is 57.8 Å². The van der Waals surface area contributed by atoms with Gasteiger partial charge < -0.3 is 25.7 Å². The summed E-state index contributed by atoms with van der Waals surface area (Å²) in [5, 5.41) is 44.1. The molecule has 6 nitrogen and oxygen atoms in total. The van der Waals surface area contributed by atoms with Gasteiger partial charge in [0, 0.05) is 0 Å². The van der Waals surface area contributed by atoms with Crippen molar-refractivity contribution in [1.82, 2.24) is 5.32 Å². The Labute approximate surface area is 442 Å². The maximum atomic E-state index is 12.6. The lowest BCUT2D eigenvalue weighted by atomic mass is 10.00. The Hall–Kier alpha value is -1.99. The van der Waals surface area contributed by atoms with Gasteiger partial charge in [0.2, 0.25) is 5.91 Å². The Morgan fingerprint density at radius 3 is 0.972 bits per heavy atom. The van der Waals surface area contributed by atoms with E-state index in [4.69, 9.17) is 0 Å². The van der Waals surface area contributed by atoms with E-state index in [1.54, 1.807) is 0 Å². The highest BCUT2D eigenvalue weighted by Gasteiger charge is 2.28. The van der Waals surface area contributed by atoms with Crippen molar-refractivity contribution in [2.24, 2.45) is 0 Å². The Balaban J connectivity index is 3.70. The highest BCUT2D eigenvalue weighted by Crippen LogP contribution is 2.17. The van der Waals surface area contributed by atoms with Gasteiger partial charge in [-0.05, 0) is 96.3 Å². The number of carbonyl (C=O) groups excluding carboxylic acids is 1. The minimum atomic E-state index is -1.30. The maximum Gasteiger partial charge on any atom is 0.249 e. The van der Waals surface area contributed by atoms with E-state index in [9.17, 15) is 25.2 Å². The van der Waals surface area contributed by atoms with Gasteiger partial charge >= 0.3 is 0 Å². The van der Waals surface area contributed by atoms with E-state index in [2.05, 4.69) is 79.9 Å². The fourth-order valence-electron chi connectivity index (χ4n) is 9.53. The minimum Gasteiger partial charge on any atom is -0.394 e. The third-order valence-corrected chi connectivity index (χ3v) is 14.4. The molecule has 0 aliphatic heterocycles. The molecule has 0 spiro atoms. The first-order chi connectivity index (χ1) is 35.0. The fourth-order valence-corrected chi connectivity index (χ4v) is 9.53. The normalized spacial score (nSPS) is 14.1. The summed E-state index contributed by atoms with van der Waals surface area (Å²) in [6, 6.07) is -1.02. The predicted octanol–water partition coefficient (Wildman–Crippen LogP) is 18.7. The molecule has 0 saturated heterocycles. The van der Waals surface area contributed by atoms with Crippen LogP contribution in [0.25, 0.3) is 0 Å². The van der Waals surface area contributed by atoms with Gasteiger partial charge in [-0.15, -0.1) is 0 Å². The molecule has 0 fully saturated rings. The maximum absolute atomic E-state index is 12.6. The molecule has 5 N–H and O–H groups in total. The van der Waals surface area contributed by atoms with Crippen LogP contribution in [0.15, 0.2) is 60.8 Å². The molecule has 1 amide bonds. The lowest BCUT2D eigenvalue weighted by Crippen LogP contribution is -2.53. The molecule has 71 heavy (non-hydrogen) atoms. The monoisotopic (exact) mass is 996 g/mol. The lowest BCUT2D eigenvalue weighted by molar-refractivity contribution is -0.132. The number of rotatable bonds is 57. The van der Waals surface area contributed by atoms with Gasteiger partial charge in [0.05, 0.1) is 18.8 Å². The van der Waals surface area contributed by atoms with Crippen molar-refractivity contribution >= 4 is 5.91 Å². The van der Waals surface area contributed by atoms with Gasteiger partial charge in [-0.3, -0.25) is 4.79 Å². The number of carbonyl (C=O) groups is 1. The average molecular weight is 997 g/mol. The Morgan fingerprint density at radius 2 is 0.634 bits per heavy atom. The lowest BCUT2D eigenvalue weighted by Gasteiger charge is -2.27. The average Bonchev–Trinajstić information content (AvgIpc) is 3.38. The van der Waals surface area contributed by atoms with Gasteiger partial charge in [-0.1, -0.05) is 280 Å². The van der Waals surface area contributed by atoms with Crippen LogP contribution in [-0.4, -0.2) is 57.3 Å². The molecule has 0 radical (unpaired) electrons. The third-order valence-electron chi connectivity index (χ3n) is 14.4. The molecule has 0 aliphatic carbocycles. The molecule has 4 atom stereocenters. The van der Waals surface area contributed by atoms with Gasteiger partial charge in [-0.2, -0.15) is 0 Å². The number of aliphatic hydroxyl groups excluding tert-OH is 4. The van der Waals surface area contributed by atoms with E-state index >= 15 is 0 Å². The summed E-state index contributed by atoms with van der Waals surface area (Å²) in [4.78, 5) is 12.6. The van der Waals surface area contributed by atoms with Crippen LogP contribution in [0.2, 0.25) is 0 Å². The Bertz CT molecular complexity index is 1210. The van der Waals surface area contributed by atoms with Crippen LogP contribution in [0.3, 0.4) is 0 Å². The third kappa shape index (κ3) is 52.7. The number of allylic oxidation sites excluding steroid dienone is 10. The van der Waals surface area contributed by atoms with Crippen molar-refractivity contribution in [2.75, 3.05) is 6.61 Å². The summed E-state index contributed by atoms with van der Waals surface area (Å²) in [6.45, 7) is 4.07. The van der Waals surface area contributed by atoms with Crippen LogP contribution >= 0.6 is 0 Å². The molecule has 0 aliphatic rings. The molecular formula is C65H121NO5. The second-order valence-corrected chi connectivity index (χ2v) is 21.4. The van der Waals surface area contributed by atoms with E-state index in [-0.39, 0.29) is 0 Å². The van der Waals surface area contributed by atoms with Crippen LogP contribution < -0.4 is 5.32 Å². The molecule has 6 heteroatoms. The molecule has 0 rings (SSSR count). The summed E-state index contributed by atoms with van der Waals surface area (Å²) in [5.41, 5.74) is 0. The van der Waals surface area contributed by atoms with Gasteiger partial charge in [-0.25, -0.2) is 0 Å². The van der Waals surface area contributed by atoms with Gasteiger partial charge in [0.1, 0.15) is 12.2 Å².